The molecule has 0 spiro atoms. The molecule has 0 radical (unpaired) electrons. The highest BCUT2D eigenvalue weighted by atomic mass is 16.5. The van der Waals surface area contributed by atoms with Gasteiger partial charge >= 0.3 is 5.97 Å². The van der Waals surface area contributed by atoms with Gasteiger partial charge in [-0.2, -0.15) is 5.10 Å². The van der Waals surface area contributed by atoms with Gasteiger partial charge in [0.1, 0.15) is 25.3 Å². The molecule has 2 aromatic heterocycles. The summed E-state index contributed by atoms with van der Waals surface area (Å²) in [6.07, 6.45) is 2.99. The van der Waals surface area contributed by atoms with Crippen LogP contribution in [-0.2, 0) is 17.8 Å². The summed E-state index contributed by atoms with van der Waals surface area (Å²) in [4.78, 5) is 15.9. The number of rotatable bonds is 6. The monoisotopic (exact) mass is 276 g/mol. The van der Waals surface area contributed by atoms with E-state index in [4.69, 9.17) is 4.74 Å². The first-order chi connectivity index (χ1) is 9.67. The Morgan fingerprint density at radius 1 is 1.50 bits per heavy atom. The summed E-state index contributed by atoms with van der Waals surface area (Å²) >= 11 is 0. The molecule has 2 heterocycles. The minimum atomic E-state index is -0.509. The normalized spacial score (nSPS) is 10.5. The molecule has 2 aromatic rings. The number of hydrogen-bond donors (Lipinski definition) is 0. The van der Waals surface area contributed by atoms with Crippen molar-refractivity contribution in [2.24, 2.45) is 0 Å². The van der Waals surface area contributed by atoms with Crippen molar-refractivity contribution >= 4 is 5.97 Å². The number of ether oxygens (including phenoxy) is 1. The number of aromatic nitrogens is 6. The second kappa shape index (κ2) is 6.09. The van der Waals surface area contributed by atoms with Crippen LogP contribution in [0.2, 0.25) is 0 Å². The van der Waals surface area contributed by atoms with E-state index in [0.29, 0.717) is 12.2 Å². The fourth-order valence-electron chi connectivity index (χ4n) is 1.71. The molecule has 0 saturated heterocycles. The van der Waals surface area contributed by atoms with E-state index in [1.54, 1.807) is 16.3 Å². The van der Waals surface area contributed by atoms with Gasteiger partial charge in [-0.3, -0.25) is 0 Å². The molecular formula is C12H16N6O2. The summed E-state index contributed by atoms with van der Waals surface area (Å²) in [7, 11) is 0. The fraction of sp³-hybridized carbons (Fsp3) is 0.417. The third kappa shape index (κ3) is 2.73. The molecule has 20 heavy (non-hydrogen) atoms. The molecule has 0 aromatic carbocycles. The van der Waals surface area contributed by atoms with E-state index in [1.807, 2.05) is 6.92 Å². The zero-order valence-electron chi connectivity index (χ0n) is 11.5. The van der Waals surface area contributed by atoms with Crippen LogP contribution < -0.4 is 0 Å². The Hall–Kier alpha value is -2.51. The van der Waals surface area contributed by atoms with Crippen molar-refractivity contribution in [2.75, 3.05) is 6.61 Å². The van der Waals surface area contributed by atoms with Crippen molar-refractivity contribution in [2.45, 2.75) is 26.9 Å². The molecule has 2 rings (SSSR count). The van der Waals surface area contributed by atoms with Gasteiger partial charge in [0.05, 0.1) is 5.69 Å². The van der Waals surface area contributed by atoms with Crippen LogP contribution >= 0.6 is 0 Å². The lowest BCUT2D eigenvalue weighted by Crippen LogP contribution is -2.12. The Labute approximate surface area is 116 Å². The maximum atomic E-state index is 11.7. The zero-order valence-corrected chi connectivity index (χ0v) is 11.5. The molecule has 0 saturated carbocycles. The first kappa shape index (κ1) is 13.9. The summed E-state index contributed by atoms with van der Waals surface area (Å²) in [6, 6.07) is 0. The number of nitrogens with zero attached hydrogens (tertiary/aromatic N) is 6. The van der Waals surface area contributed by atoms with Crippen molar-refractivity contribution in [3.63, 3.8) is 0 Å². The summed E-state index contributed by atoms with van der Waals surface area (Å²) in [5.41, 5.74) is 0.833. The number of carbonyl (C=O) groups excluding carboxylic acids is 1. The SMILES string of the molecule is C=CCOC(=O)c1nnn(Cc2ncnn2CC)c1C. The quantitative estimate of drug-likeness (QED) is 0.567. The highest BCUT2D eigenvalue weighted by Crippen LogP contribution is 2.08. The van der Waals surface area contributed by atoms with E-state index >= 15 is 0 Å². The van der Waals surface area contributed by atoms with Crippen LogP contribution in [0.5, 0.6) is 0 Å². The van der Waals surface area contributed by atoms with Gasteiger partial charge in [-0.25, -0.2) is 19.1 Å². The minimum Gasteiger partial charge on any atom is -0.457 e. The third-order valence-corrected chi connectivity index (χ3v) is 2.79. The molecule has 0 atom stereocenters. The number of esters is 1. The molecule has 0 N–H and O–H groups in total. The Balaban J connectivity index is 2.16. The maximum Gasteiger partial charge on any atom is 0.361 e. The van der Waals surface area contributed by atoms with Gasteiger partial charge in [-0.1, -0.05) is 17.9 Å². The maximum absolute atomic E-state index is 11.7. The molecule has 0 aliphatic heterocycles. The second-order valence-electron chi connectivity index (χ2n) is 4.06. The van der Waals surface area contributed by atoms with Crippen molar-refractivity contribution in [3.8, 4) is 0 Å². The van der Waals surface area contributed by atoms with E-state index < -0.39 is 5.97 Å². The molecule has 0 bridgehead atoms. The summed E-state index contributed by atoms with van der Waals surface area (Å²) < 4.78 is 8.30. The van der Waals surface area contributed by atoms with E-state index in [2.05, 4.69) is 27.0 Å². The van der Waals surface area contributed by atoms with Gasteiger partial charge < -0.3 is 4.74 Å². The van der Waals surface area contributed by atoms with Crippen molar-refractivity contribution < 1.29 is 9.53 Å². The minimum absolute atomic E-state index is 0.148. The number of hydrogen-bond acceptors (Lipinski definition) is 6. The lowest BCUT2D eigenvalue weighted by molar-refractivity contribution is 0.0542. The van der Waals surface area contributed by atoms with Crippen LogP contribution in [-0.4, -0.2) is 42.3 Å². The molecule has 8 nitrogen and oxygen atoms in total. The van der Waals surface area contributed by atoms with E-state index in [1.165, 1.54) is 12.4 Å². The van der Waals surface area contributed by atoms with Crippen molar-refractivity contribution in [1.29, 1.82) is 0 Å². The zero-order chi connectivity index (χ0) is 14.5. The summed E-state index contributed by atoms with van der Waals surface area (Å²) in [5.74, 6) is 0.247. The predicted octanol–water partition coefficient (Wildman–Crippen LogP) is 0.589. The van der Waals surface area contributed by atoms with Crippen LogP contribution in [0.1, 0.15) is 28.9 Å². The summed E-state index contributed by atoms with van der Waals surface area (Å²) in [6.45, 7) is 8.50. The van der Waals surface area contributed by atoms with Crippen LogP contribution in [0.3, 0.4) is 0 Å². The Bertz CT molecular complexity index is 615. The molecular weight excluding hydrogens is 260 g/mol. The first-order valence-corrected chi connectivity index (χ1v) is 6.22. The van der Waals surface area contributed by atoms with Crippen molar-refractivity contribution in [1.82, 2.24) is 29.8 Å². The van der Waals surface area contributed by atoms with Crippen LogP contribution in [0.25, 0.3) is 0 Å². The topological polar surface area (TPSA) is 87.7 Å². The highest BCUT2D eigenvalue weighted by Gasteiger charge is 2.18. The number of carbonyl (C=O) groups is 1. The van der Waals surface area contributed by atoms with Gasteiger partial charge in [-0.05, 0) is 13.8 Å². The van der Waals surface area contributed by atoms with Crippen LogP contribution in [0.15, 0.2) is 19.0 Å². The van der Waals surface area contributed by atoms with Crippen molar-refractivity contribution in [3.05, 3.63) is 36.2 Å². The molecule has 0 unspecified atom stereocenters. The van der Waals surface area contributed by atoms with Gasteiger partial charge in [0, 0.05) is 6.54 Å². The third-order valence-electron chi connectivity index (χ3n) is 2.79. The van der Waals surface area contributed by atoms with Crippen LogP contribution in [0, 0.1) is 6.92 Å². The Kier molecular flexibility index (Phi) is 4.24. The molecule has 0 aliphatic rings. The van der Waals surface area contributed by atoms with E-state index in [0.717, 1.165) is 12.4 Å². The largest absolute Gasteiger partial charge is 0.457 e. The van der Waals surface area contributed by atoms with E-state index in [9.17, 15) is 4.79 Å². The predicted molar refractivity (Wildman–Crippen MR) is 70.0 cm³/mol. The van der Waals surface area contributed by atoms with Gasteiger partial charge in [0.15, 0.2) is 5.69 Å². The van der Waals surface area contributed by atoms with Gasteiger partial charge in [0.25, 0.3) is 0 Å². The molecule has 8 heteroatoms. The number of aryl methyl sites for hydroxylation is 1. The first-order valence-electron chi connectivity index (χ1n) is 6.22. The smallest absolute Gasteiger partial charge is 0.361 e. The molecule has 0 amide bonds. The average Bonchev–Trinajstić information content (AvgIpc) is 3.04. The fourth-order valence-corrected chi connectivity index (χ4v) is 1.71. The standard InChI is InChI=1S/C12H16N6O2/c1-4-6-20-12(19)11-9(3)18(16-15-11)7-10-13-8-14-17(10)5-2/h4,8H,1,5-7H2,2-3H3. The molecule has 0 fully saturated rings. The summed E-state index contributed by atoms with van der Waals surface area (Å²) in [5, 5.41) is 11.9. The van der Waals surface area contributed by atoms with E-state index in [-0.39, 0.29) is 12.3 Å². The lowest BCUT2D eigenvalue weighted by Gasteiger charge is -2.04. The Morgan fingerprint density at radius 2 is 2.30 bits per heavy atom. The van der Waals surface area contributed by atoms with Gasteiger partial charge in [0.2, 0.25) is 0 Å². The highest BCUT2D eigenvalue weighted by molar-refractivity contribution is 5.88. The van der Waals surface area contributed by atoms with Gasteiger partial charge in [-0.15, -0.1) is 5.10 Å². The Morgan fingerprint density at radius 3 is 3.00 bits per heavy atom. The average molecular weight is 276 g/mol. The lowest BCUT2D eigenvalue weighted by atomic mass is 10.3. The molecule has 0 aliphatic carbocycles. The second-order valence-corrected chi connectivity index (χ2v) is 4.06. The van der Waals surface area contributed by atoms with Crippen LogP contribution in [0.4, 0.5) is 0 Å². The molecule has 106 valence electrons.